The average Bonchev–Trinajstić information content (AvgIpc) is 2.13. The number of halogens is 1. The van der Waals surface area contributed by atoms with E-state index in [2.05, 4.69) is 0 Å². The molecule has 1 rings (SSSR count). The molecule has 0 aliphatic carbocycles. The molecule has 1 heterocycles. The van der Waals surface area contributed by atoms with E-state index in [0.717, 1.165) is 0 Å². The third-order valence-electron chi connectivity index (χ3n) is 2.70. The van der Waals surface area contributed by atoms with Gasteiger partial charge in [-0.25, -0.2) is 4.79 Å². The Morgan fingerprint density at radius 2 is 1.83 bits per heavy atom. The monoisotopic (exact) mass is 281 g/mol. The van der Waals surface area contributed by atoms with Gasteiger partial charge in [0.2, 0.25) is 0 Å². The van der Waals surface area contributed by atoms with Crippen molar-refractivity contribution in [1.29, 1.82) is 0 Å². The van der Waals surface area contributed by atoms with Gasteiger partial charge < -0.3 is 9.64 Å². The second kappa shape index (κ2) is 5.42. The van der Waals surface area contributed by atoms with Crippen LogP contribution in [-0.4, -0.2) is 43.9 Å². The number of ether oxygens (including phenoxy) is 1. The number of hydrogen-bond acceptors (Lipinski definition) is 4. The lowest BCUT2D eigenvalue weighted by Gasteiger charge is -2.32. The van der Waals surface area contributed by atoms with E-state index in [1.165, 1.54) is 4.90 Å². The Balaban J connectivity index is 2.42. The van der Waals surface area contributed by atoms with Crippen molar-refractivity contribution in [2.45, 2.75) is 39.2 Å². The van der Waals surface area contributed by atoms with Gasteiger partial charge in [-0.3, -0.25) is 0 Å². The quantitative estimate of drug-likeness (QED) is 0.726. The highest BCUT2D eigenvalue weighted by atomic mass is 32.3. The van der Waals surface area contributed by atoms with E-state index in [0.29, 0.717) is 25.9 Å². The molecule has 0 aromatic heterocycles. The molecule has 0 saturated carbocycles. The zero-order valence-electron chi connectivity index (χ0n) is 11.0. The minimum absolute atomic E-state index is 0.210. The molecule has 1 saturated heterocycles. The zero-order chi connectivity index (χ0) is 14.0. The normalized spacial score (nSPS) is 18.8. The summed E-state index contributed by atoms with van der Waals surface area (Å²) in [5, 5.41) is 0. The van der Waals surface area contributed by atoms with Crippen molar-refractivity contribution in [3.05, 3.63) is 0 Å². The second-order valence-electron chi connectivity index (χ2n) is 5.62. The highest BCUT2D eigenvalue weighted by molar-refractivity contribution is 7.86. The van der Waals surface area contributed by atoms with Gasteiger partial charge in [-0.15, -0.1) is 3.89 Å². The van der Waals surface area contributed by atoms with Gasteiger partial charge in [0.15, 0.2) is 0 Å². The van der Waals surface area contributed by atoms with Gasteiger partial charge >= 0.3 is 16.3 Å². The van der Waals surface area contributed by atoms with E-state index >= 15 is 0 Å². The first-order valence-corrected chi connectivity index (χ1v) is 7.52. The molecule has 0 aromatic rings. The van der Waals surface area contributed by atoms with E-state index in [9.17, 15) is 17.1 Å². The number of carbonyl (C=O) groups is 1. The van der Waals surface area contributed by atoms with E-state index in [1.54, 1.807) is 20.8 Å². The molecule has 106 valence electrons. The highest BCUT2D eigenvalue weighted by Gasteiger charge is 2.28. The van der Waals surface area contributed by atoms with Gasteiger partial charge in [-0.2, -0.15) is 8.42 Å². The van der Waals surface area contributed by atoms with Crippen LogP contribution in [0.15, 0.2) is 0 Å². The zero-order valence-corrected chi connectivity index (χ0v) is 11.8. The summed E-state index contributed by atoms with van der Waals surface area (Å²) >= 11 is 0. The summed E-state index contributed by atoms with van der Waals surface area (Å²) in [6.45, 7) is 6.18. The van der Waals surface area contributed by atoms with Crippen molar-refractivity contribution in [2.24, 2.45) is 5.92 Å². The van der Waals surface area contributed by atoms with Crippen LogP contribution in [0.3, 0.4) is 0 Å². The van der Waals surface area contributed by atoms with Crippen LogP contribution >= 0.6 is 0 Å². The van der Waals surface area contributed by atoms with Gasteiger partial charge in [0.25, 0.3) is 0 Å². The molecule has 0 aromatic carbocycles. The van der Waals surface area contributed by atoms with Gasteiger partial charge in [0.05, 0.1) is 5.75 Å². The maximum absolute atomic E-state index is 12.5. The lowest BCUT2D eigenvalue weighted by molar-refractivity contribution is 0.0191. The van der Waals surface area contributed by atoms with E-state index in [4.69, 9.17) is 4.74 Å². The summed E-state index contributed by atoms with van der Waals surface area (Å²) in [4.78, 5) is 13.3. The molecular weight excluding hydrogens is 261 g/mol. The molecule has 0 unspecified atom stereocenters. The third-order valence-corrected chi connectivity index (χ3v) is 3.57. The number of piperidine rings is 1. The van der Waals surface area contributed by atoms with Crippen LogP contribution in [0.5, 0.6) is 0 Å². The summed E-state index contributed by atoms with van der Waals surface area (Å²) in [6, 6.07) is 0. The summed E-state index contributed by atoms with van der Waals surface area (Å²) < 4.78 is 38.8. The predicted molar refractivity (Wildman–Crippen MR) is 65.4 cm³/mol. The van der Waals surface area contributed by atoms with Crippen molar-refractivity contribution in [3.63, 3.8) is 0 Å². The third kappa shape index (κ3) is 5.66. The number of carbonyl (C=O) groups excluding carboxylic acids is 1. The fraction of sp³-hybridized carbons (Fsp3) is 0.909. The number of hydrogen-bond donors (Lipinski definition) is 0. The first-order chi connectivity index (χ1) is 8.07. The van der Waals surface area contributed by atoms with Crippen molar-refractivity contribution >= 4 is 16.3 Å². The molecule has 1 amide bonds. The van der Waals surface area contributed by atoms with Crippen LogP contribution < -0.4 is 0 Å². The molecule has 5 nitrogen and oxygen atoms in total. The Labute approximate surface area is 108 Å². The number of likely N-dealkylation sites (tertiary alicyclic amines) is 1. The fourth-order valence-corrected chi connectivity index (χ4v) is 2.79. The lowest BCUT2D eigenvalue weighted by atomic mass is 9.99. The van der Waals surface area contributed by atoms with Crippen molar-refractivity contribution in [3.8, 4) is 0 Å². The minimum Gasteiger partial charge on any atom is -0.444 e. The molecule has 0 atom stereocenters. The van der Waals surface area contributed by atoms with E-state index in [-0.39, 0.29) is 5.92 Å². The molecule has 1 aliphatic rings. The highest BCUT2D eigenvalue weighted by Crippen LogP contribution is 2.21. The Morgan fingerprint density at radius 3 is 2.22 bits per heavy atom. The summed E-state index contributed by atoms with van der Waals surface area (Å²) in [6.07, 6.45) is 0.578. The smallest absolute Gasteiger partial charge is 0.410 e. The Bertz CT molecular complexity index is 394. The molecular formula is C11H20FNO4S. The molecule has 7 heteroatoms. The largest absolute Gasteiger partial charge is 0.444 e. The lowest BCUT2D eigenvalue weighted by Crippen LogP contribution is -2.42. The van der Waals surface area contributed by atoms with Crippen molar-refractivity contribution in [2.75, 3.05) is 18.8 Å². The molecule has 1 aliphatic heterocycles. The van der Waals surface area contributed by atoms with Crippen LogP contribution in [0.1, 0.15) is 33.6 Å². The summed E-state index contributed by atoms with van der Waals surface area (Å²) in [5.74, 6) is -0.659. The Kier molecular flexibility index (Phi) is 4.58. The average molecular weight is 281 g/mol. The van der Waals surface area contributed by atoms with Gasteiger partial charge in [-0.1, -0.05) is 0 Å². The number of nitrogens with zero attached hydrogens (tertiary/aromatic N) is 1. The second-order valence-corrected chi connectivity index (χ2v) is 7.03. The van der Waals surface area contributed by atoms with Gasteiger partial charge in [0.1, 0.15) is 5.60 Å². The first kappa shape index (κ1) is 15.2. The summed E-state index contributed by atoms with van der Waals surface area (Å²) in [7, 11) is -4.42. The molecule has 0 N–H and O–H groups in total. The molecule has 1 fully saturated rings. The first-order valence-electron chi connectivity index (χ1n) is 5.97. The topological polar surface area (TPSA) is 63.7 Å². The van der Waals surface area contributed by atoms with Crippen LogP contribution in [0.4, 0.5) is 8.68 Å². The van der Waals surface area contributed by atoms with Crippen LogP contribution in [0.25, 0.3) is 0 Å². The van der Waals surface area contributed by atoms with Crippen LogP contribution in [-0.2, 0) is 15.0 Å². The fourth-order valence-electron chi connectivity index (χ4n) is 1.89. The SMILES string of the molecule is CC(C)(C)OC(=O)N1CCC(CS(=O)(=O)F)CC1. The standard InChI is InChI=1S/C11H20FNO4S/c1-11(2,3)17-10(14)13-6-4-9(5-7-13)8-18(12,15)16/h9H,4-8H2,1-3H3. The number of rotatable bonds is 2. The molecule has 0 bridgehead atoms. The maximum Gasteiger partial charge on any atom is 0.410 e. The molecule has 0 spiro atoms. The Morgan fingerprint density at radius 1 is 1.33 bits per heavy atom. The van der Waals surface area contributed by atoms with E-state index in [1.807, 2.05) is 0 Å². The van der Waals surface area contributed by atoms with Crippen LogP contribution in [0.2, 0.25) is 0 Å². The van der Waals surface area contributed by atoms with Crippen LogP contribution in [0, 0.1) is 5.92 Å². The number of amides is 1. The predicted octanol–water partition coefficient (Wildman–Crippen LogP) is 1.93. The Hall–Kier alpha value is -0.850. The summed E-state index contributed by atoms with van der Waals surface area (Å²) in [5.41, 5.74) is -0.545. The van der Waals surface area contributed by atoms with E-state index < -0.39 is 27.7 Å². The maximum atomic E-state index is 12.5. The minimum atomic E-state index is -4.42. The van der Waals surface area contributed by atoms with Crippen molar-refractivity contribution < 1.29 is 21.8 Å². The van der Waals surface area contributed by atoms with Crippen molar-refractivity contribution in [1.82, 2.24) is 4.90 Å². The van der Waals surface area contributed by atoms with Gasteiger partial charge in [-0.05, 0) is 39.5 Å². The molecule has 0 radical (unpaired) electrons. The van der Waals surface area contributed by atoms with Gasteiger partial charge in [0, 0.05) is 13.1 Å². The molecule has 18 heavy (non-hydrogen) atoms.